The van der Waals surface area contributed by atoms with Crippen molar-refractivity contribution in [2.45, 2.75) is 23.8 Å². The Labute approximate surface area is 195 Å². The Hall–Kier alpha value is -2.73. The minimum absolute atomic E-state index is 0.0909. The number of carbonyl (C=O) groups is 1. The third-order valence-electron chi connectivity index (χ3n) is 3.96. The van der Waals surface area contributed by atoms with Crippen LogP contribution in [0.25, 0.3) is 0 Å². The molecule has 2 rings (SSSR count). The van der Waals surface area contributed by atoms with Crippen LogP contribution < -0.4 is 20.9 Å². The number of sulfonamides is 1. The first-order valence-electron chi connectivity index (χ1n) is 9.21. The number of ether oxygens (including phenoxy) is 1. The van der Waals surface area contributed by atoms with Crippen molar-refractivity contribution in [3.63, 3.8) is 0 Å². The monoisotopic (exact) mass is 504 g/mol. The van der Waals surface area contributed by atoms with E-state index in [1.165, 1.54) is 18.2 Å². The number of oxime groups is 1. The van der Waals surface area contributed by atoms with E-state index in [0.29, 0.717) is 24.3 Å². The quantitative estimate of drug-likeness (QED) is 0.147. The van der Waals surface area contributed by atoms with Gasteiger partial charge in [-0.1, -0.05) is 35.3 Å². The molecule has 0 saturated heterocycles. The van der Waals surface area contributed by atoms with Crippen LogP contribution in [0, 0.1) is 0 Å². The molecule has 2 aromatic rings. The summed E-state index contributed by atoms with van der Waals surface area (Å²) in [6, 6.07) is 9.00. The lowest BCUT2D eigenvalue weighted by Gasteiger charge is -2.16. The number of carboxylic acid groups (broad SMARTS) is 1. The topological polar surface area (TPSA) is 166 Å². The van der Waals surface area contributed by atoms with Crippen molar-refractivity contribution in [3.8, 4) is 5.75 Å². The molecule has 0 radical (unpaired) electrons. The molecule has 0 aliphatic carbocycles. The summed E-state index contributed by atoms with van der Waals surface area (Å²) in [5, 5.41) is 13.0. The molecule has 0 spiro atoms. The van der Waals surface area contributed by atoms with Gasteiger partial charge in [0.25, 0.3) is 0 Å². The molecule has 0 heterocycles. The summed E-state index contributed by atoms with van der Waals surface area (Å²) in [5.74, 6) is -0.949. The number of hydrogen-bond acceptors (Lipinski definition) is 6. The maximum Gasteiger partial charge on any atom is 0.322 e. The number of nitrogens with zero attached hydrogens (tertiary/aromatic N) is 1. The Morgan fingerprint density at radius 3 is 2.41 bits per heavy atom. The molecule has 174 valence electrons. The van der Waals surface area contributed by atoms with Crippen LogP contribution in [0.15, 0.2) is 52.5 Å². The van der Waals surface area contributed by atoms with Crippen LogP contribution in [-0.4, -0.2) is 44.7 Å². The second kappa shape index (κ2) is 11.8. The van der Waals surface area contributed by atoms with E-state index < -0.39 is 22.0 Å². The Morgan fingerprint density at radius 1 is 1.12 bits per heavy atom. The largest absolute Gasteiger partial charge is 0.493 e. The van der Waals surface area contributed by atoms with Crippen LogP contribution in [0.2, 0.25) is 10.0 Å². The average molecular weight is 505 g/mol. The van der Waals surface area contributed by atoms with Gasteiger partial charge in [-0.3, -0.25) is 4.79 Å². The number of rotatable bonds is 12. The summed E-state index contributed by atoms with van der Waals surface area (Å²) in [7, 11) is -4.19. The maximum atomic E-state index is 12.6. The minimum Gasteiger partial charge on any atom is -0.493 e. The molecule has 1 atom stereocenters. The van der Waals surface area contributed by atoms with Gasteiger partial charge in [0.15, 0.2) is 0 Å². The third kappa shape index (κ3) is 8.08. The molecule has 0 amide bonds. The van der Waals surface area contributed by atoms with Crippen LogP contribution in [0.1, 0.15) is 12.0 Å². The molecule has 6 N–H and O–H groups in total. The van der Waals surface area contributed by atoms with Crippen molar-refractivity contribution in [2.24, 2.45) is 16.6 Å². The fourth-order valence-corrected chi connectivity index (χ4v) is 4.48. The Morgan fingerprint density at radius 2 is 1.81 bits per heavy atom. The first-order valence-corrected chi connectivity index (χ1v) is 11.4. The summed E-state index contributed by atoms with van der Waals surface area (Å²) in [4.78, 5) is 16.2. The van der Waals surface area contributed by atoms with Crippen LogP contribution >= 0.6 is 23.2 Å². The summed E-state index contributed by atoms with van der Waals surface area (Å²) in [6.45, 7) is 0.618. The number of carboxylic acids is 1. The number of nitrogens with one attached hydrogen (secondary N) is 1. The first kappa shape index (κ1) is 25.5. The zero-order valence-corrected chi connectivity index (χ0v) is 19.0. The molecule has 0 unspecified atom stereocenters. The highest BCUT2D eigenvalue weighted by Gasteiger charge is 2.27. The highest BCUT2D eigenvalue weighted by atomic mass is 35.5. The van der Waals surface area contributed by atoms with Crippen LogP contribution in [0.5, 0.6) is 5.75 Å². The number of benzene rings is 2. The van der Waals surface area contributed by atoms with E-state index >= 15 is 0 Å². The van der Waals surface area contributed by atoms with E-state index in [2.05, 4.69) is 9.88 Å². The number of hydrogen-bond donors (Lipinski definition) is 4. The highest BCUT2D eigenvalue weighted by molar-refractivity contribution is 7.89. The summed E-state index contributed by atoms with van der Waals surface area (Å²) >= 11 is 11.7. The van der Waals surface area contributed by atoms with Gasteiger partial charge in [0.05, 0.1) is 11.6 Å². The van der Waals surface area contributed by atoms with Crippen molar-refractivity contribution in [2.75, 3.05) is 13.2 Å². The van der Waals surface area contributed by atoms with Crippen molar-refractivity contribution < 1.29 is 27.9 Å². The van der Waals surface area contributed by atoms with E-state index in [-0.39, 0.29) is 33.9 Å². The maximum absolute atomic E-state index is 12.6. The van der Waals surface area contributed by atoms with Gasteiger partial charge in [0.1, 0.15) is 23.3 Å². The number of nitrogens with two attached hydrogens (primary N) is 2. The van der Waals surface area contributed by atoms with E-state index in [4.69, 9.17) is 44.2 Å². The lowest BCUT2D eigenvalue weighted by molar-refractivity contribution is -0.138. The second-order valence-electron chi connectivity index (χ2n) is 6.49. The minimum atomic E-state index is -4.19. The predicted octanol–water partition coefficient (Wildman–Crippen LogP) is 1.94. The van der Waals surface area contributed by atoms with Gasteiger partial charge in [-0.25, -0.2) is 8.42 Å². The van der Waals surface area contributed by atoms with Gasteiger partial charge in [-0.2, -0.15) is 4.72 Å². The number of aliphatic carboxylic acids is 1. The van der Waals surface area contributed by atoms with Crippen molar-refractivity contribution in [1.82, 2.24) is 4.72 Å². The van der Waals surface area contributed by atoms with Gasteiger partial charge >= 0.3 is 5.97 Å². The fraction of sp³-hybridized carbons (Fsp3) is 0.263. The lowest BCUT2D eigenvalue weighted by atomic mass is 10.1. The van der Waals surface area contributed by atoms with E-state index in [9.17, 15) is 18.3 Å². The number of halogens is 2. The van der Waals surface area contributed by atoms with Gasteiger partial charge in [0, 0.05) is 11.4 Å². The van der Waals surface area contributed by atoms with Crippen molar-refractivity contribution in [1.29, 1.82) is 0 Å². The lowest BCUT2D eigenvalue weighted by Crippen LogP contribution is -2.42. The molecule has 0 bridgehead atoms. The van der Waals surface area contributed by atoms with Gasteiger partial charge in [-0.15, -0.1) is 0 Å². The zero-order valence-electron chi connectivity index (χ0n) is 16.7. The average Bonchev–Trinajstić information content (AvgIpc) is 2.70. The van der Waals surface area contributed by atoms with Gasteiger partial charge < -0.3 is 26.1 Å². The predicted molar refractivity (Wildman–Crippen MR) is 120 cm³/mol. The van der Waals surface area contributed by atoms with Gasteiger partial charge in [-0.05, 0) is 47.5 Å². The second-order valence-corrected chi connectivity index (χ2v) is 9.01. The Balaban J connectivity index is 1.96. The van der Waals surface area contributed by atoms with Crippen molar-refractivity contribution >= 4 is 45.2 Å². The Kier molecular flexibility index (Phi) is 9.39. The summed E-state index contributed by atoms with van der Waals surface area (Å²) < 4.78 is 32.9. The van der Waals surface area contributed by atoms with E-state index in [1.807, 2.05) is 0 Å². The SMILES string of the molecule is NC(N)=NOCCCOc1ccc(C[C@H](NS(=O)(=O)c2ccc(Cl)cc2Cl)C(=O)O)cc1. The normalized spacial score (nSPS) is 12.1. The number of guanidine groups is 1. The standard InChI is InChI=1S/C19H22Cl2N4O6S/c20-13-4-7-17(15(21)11-13)32(28,29)25-16(18(26)27)10-12-2-5-14(6-3-12)30-8-1-9-31-24-19(22)23/h2-7,11,16,25H,1,8-10H2,(H,26,27)(H4,22,23,24)/t16-/m0/s1. The third-order valence-corrected chi connectivity index (χ3v) is 6.15. The van der Waals surface area contributed by atoms with Gasteiger partial charge in [0.2, 0.25) is 16.0 Å². The highest BCUT2D eigenvalue weighted by Crippen LogP contribution is 2.25. The molecule has 0 aliphatic heterocycles. The summed E-state index contributed by atoms with van der Waals surface area (Å²) in [5.41, 5.74) is 10.8. The molecule has 0 saturated carbocycles. The molecule has 10 nitrogen and oxygen atoms in total. The summed E-state index contributed by atoms with van der Waals surface area (Å²) in [6.07, 6.45) is 0.445. The molecule has 0 aliphatic rings. The molecule has 0 aromatic heterocycles. The smallest absolute Gasteiger partial charge is 0.322 e. The molecule has 13 heteroatoms. The van der Waals surface area contributed by atoms with Crippen LogP contribution in [0.4, 0.5) is 0 Å². The first-order chi connectivity index (χ1) is 15.1. The Bertz CT molecular complexity index is 1060. The van der Waals surface area contributed by atoms with Crippen LogP contribution in [0.3, 0.4) is 0 Å². The molecule has 2 aromatic carbocycles. The van der Waals surface area contributed by atoms with Crippen molar-refractivity contribution in [3.05, 3.63) is 58.1 Å². The van der Waals surface area contributed by atoms with Crippen LogP contribution in [-0.2, 0) is 26.1 Å². The van der Waals surface area contributed by atoms with E-state index in [0.717, 1.165) is 0 Å². The zero-order chi connectivity index (χ0) is 23.7. The fourth-order valence-electron chi connectivity index (χ4n) is 2.51. The molecule has 32 heavy (non-hydrogen) atoms. The molecular weight excluding hydrogens is 483 g/mol. The van der Waals surface area contributed by atoms with E-state index in [1.54, 1.807) is 24.3 Å². The molecule has 0 fully saturated rings. The molecular formula is C19H22Cl2N4O6S.